The van der Waals surface area contributed by atoms with Gasteiger partial charge in [-0.3, -0.25) is 4.99 Å². The van der Waals surface area contributed by atoms with Crippen LogP contribution in [0, 0.1) is 11.3 Å². The van der Waals surface area contributed by atoms with Gasteiger partial charge in [0.25, 0.3) is 0 Å². The van der Waals surface area contributed by atoms with Crippen LogP contribution in [0.15, 0.2) is 22.5 Å². The number of rotatable bonds is 4. The van der Waals surface area contributed by atoms with Crippen LogP contribution in [0.3, 0.4) is 0 Å². The zero-order chi connectivity index (χ0) is 16.7. The van der Waals surface area contributed by atoms with Gasteiger partial charge in [0.05, 0.1) is 6.10 Å². The molecule has 0 spiro atoms. The summed E-state index contributed by atoms with van der Waals surface area (Å²) in [6.45, 7) is 10.9. The van der Waals surface area contributed by atoms with Gasteiger partial charge in [0.15, 0.2) is 5.96 Å². The standard InChI is InChI=1S/C18H29N3OS.HI/c1-17(2,13-7-6-10-23-13)11-20-16(19-5)21-14-12-8-9-22-15(12)18(14,3)4;/h6-7,10,12,14-15H,8-9,11H2,1-5H3,(H2,19,20,21);1H. The van der Waals surface area contributed by atoms with E-state index in [1.165, 1.54) is 4.88 Å². The Labute approximate surface area is 166 Å². The van der Waals surface area contributed by atoms with Crippen LogP contribution >= 0.6 is 35.3 Å². The van der Waals surface area contributed by atoms with Crippen molar-refractivity contribution >= 4 is 41.3 Å². The fourth-order valence-corrected chi connectivity index (χ4v) is 4.87. The van der Waals surface area contributed by atoms with E-state index in [1.807, 2.05) is 18.4 Å². The molecule has 1 saturated heterocycles. The van der Waals surface area contributed by atoms with Crippen LogP contribution in [-0.2, 0) is 10.2 Å². The van der Waals surface area contributed by atoms with Gasteiger partial charge in [-0.05, 0) is 17.9 Å². The molecule has 0 bridgehead atoms. The molecular weight excluding hydrogens is 433 g/mol. The lowest BCUT2D eigenvalue weighted by atomic mass is 9.57. The molecule has 24 heavy (non-hydrogen) atoms. The van der Waals surface area contributed by atoms with E-state index >= 15 is 0 Å². The minimum Gasteiger partial charge on any atom is -0.377 e. The summed E-state index contributed by atoms with van der Waals surface area (Å²) >= 11 is 1.81. The average molecular weight is 463 g/mol. The highest BCUT2D eigenvalue weighted by Crippen LogP contribution is 2.52. The van der Waals surface area contributed by atoms with Gasteiger partial charge in [-0.2, -0.15) is 0 Å². The van der Waals surface area contributed by atoms with E-state index in [0.29, 0.717) is 18.1 Å². The minimum absolute atomic E-state index is 0. The largest absolute Gasteiger partial charge is 0.377 e. The Kier molecular flexibility index (Phi) is 6.24. The molecule has 2 heterocycles. The van der Waals surface area contributed by atoms with Gasteiger partial charge >= 0.3 is 0 Å². The normalized spacial score (nSPS) is 28.5. The number of nitrogens with zero attached hydrogens (tertiary/aromatic N) is 1. The maximum atomic E-state index is 5.88. The van der Waals surface area contributed by atoms with E-state index in [1.54, 1.807) is 0 Å². The Morgan fingerprint density at radius 3 is 2.83 bits per heavy atom. The van der Waals surface area contributed by atoms with Crippen molar-refractivity contribution in [1.82, 2.24) is 10.6 Å². The van der Waals surface area contributed by atoms with Crippen molar-refractivity contribution in [3.8, 4) is 0 Å². The Bertz CT molecular complexity index is 571. The van der Waals surface area contributed by atoms with Gasteiger partial charge in [-0.15, -0.1) is 35.3 Å². The van der Waals surface area contributed by atoms with Crippen molar-refractivity contribution in [3.63, 3.8) is 0 Å². The molecule has 1 aromatic rings. The SMILES string of the molecule is CN=C(NCC(C)(C)c1cccs1)NC1C2CCOC2C1(C)C.I. The van der Waals surface area contributed by atoms with Crippen molar-refractivity contribution in [3.05, 3.63) is 22.4 Å². The molecule has 2 fully saturated rings. The lowest BCUT2D eigenvalue weighted by Gasteiger charge is -2.55. The Morgan fingerprint density at radius 1 is 1.46 bits per heavy atom. The summed E-state index contributed by atoms with van der Waals surface area (Å²) in [5.74, 6) is 1.52. The third-order valence-electron chi connectivity index (χ3n) is 5.50. The third kappa shape index (κ3) is 3.60. The number of fused-ring (bicyclic) bond motifs is 1. The van der Waals surface area contributed by atoms with Crippen LogP contribution in [0.5, 0.6) is 0 Å². The number of guanidine groups is 1. The molecule has 1 aliphatic heterocycles. The maximum Gasteiger partial charge on any atom is 0.191 e. The monoisotopic (exact) mass is 463 g/mol. The molecule has 2 N–H and O–H groups in total. The van der Waals surface area contributed by atoms with Crippen molar-refractivity contribution < 1.29 is 4.74 Å². The van der Waals surface area contributed by atoms with Gasteiger partial charge in [-0.1, -0.05) is 33.8 Å². The minimum atomic E-state index is 0. The summed E-state index contributed by atoms with van der Waals surface area (Å²) in [6, 6.07) is 4.76. The fraction of sp³-hybridized carbons (Fsp3) is 0.722. The number of hydrogen-bond acceptors (Lipinski definition) is 3. The first-order valence-electron chi connectivity index (χ1n) is 8.49. The molecule has 136 valence electrons. The van der Waals surface area contributed by atoms with Crippen LogP contribution in [0.2, 0.25) is 0 Å². The van der Waals surface area contributed by atoms with E-state index in [0.717, 1.165) is 25.5 Å². The second kappa shape index (κ2) is 7.50. The first-order valence-corrected chi connectivity index (χ1v) is 9.37. The smallest absolute Gasteiger partial charge is 0.191 e. The Morgan fingerprint density at radius 2 is 2.21 bits per heavy atom. The van der Waals surface area contributed by atoms with Crippen molar-refractivity contribution in [1.29, 1.82) is 0 Å². The van der Waals surface area contributed by atoms with E-state index in [9.17, 15) is 0 Å². The van der Waals surface area contributed by atoms with Gasteiger partial charge in [-0.25, -0.2) is 0 Å². The molecule has 3 atom stereocenters. The lowest BCUT2D eigenvalue weighted by molar-refractivity contribution is -0.106. The fourth-order valence-electron chi connectivity index (χ4n) is 4.01. The number of aliphatic imine (C=N–C) groups is 1. The third-order valence-corrected chi connectivity index (χ3v) is 6.74. The maximum absolute atomic E-state index is 5.88. The first-order chi connectivity index (χ1) is 10.9. The highest BCUT2D eigenvalue weighted by atomic mass is 127. The molecule has 1 saturated carbocycles. The predicted octanol–water partition coefficient (Wildman–Crippen LogP) is 3.62. The average Bonchev–Trinajstić information content (AvgIpc) is 3.18. The predicted molar refractivity (Wildman–Crippen MR) is 113 cm³/mol. The summed E-state index contributed by atoms with van der Waals surface area (Å²) < 4.78 is 5.88. The van der Waals surface area contributed by atoms with Gasteiger partial charge < -0.3 is 15.4 Å². The number of thiophene rings is 1. The van der Waals surface area contributed by atoms with E-state index < -0.39 is 0 Å². The molecule has 1 aromatic heterocycles. The second-order valence-electron chi connectivity index (χ2n) is 7.97. The summed E-state index contributed by atoms with van der Waals surface area (Å²) in [5.41, 5.74) is 0.266. The Hall–Kier alpha value is -0.340. The lowest BCUT2D eigenvalue weighted by Crippen LogP contribution is -2.68. The molecule has 6 heteroatoms. The molecule has 0 radical (unpaired) electrons. The van der Waals surface area contributed by atoms with Crippen LogP contribution < -0.4 is 10.6 Å². The second-order valence-corrected chi connectivity index (χ2v) is 8.92. The van der Waals surface area contributed by atoms with Crippen molar-refractivity contribution in [2.45, 2.75) is 51.7 Å². The van der Waals surface area contributed by atoms with Crippen LogP contribution in [0.4, 0.5) is 0 Å². The number of halogens is 1. The zero-order valence-corrected chi connectivity index (χ0v) is 18.4. The topological polar surface area (TPSA) is 45.7 Å². The molecule has 3 rings (SSSR count). The van der Waals surface area contributed by atoms with Gasteiger partial charge in [0.1, 0.15) is 0 Å². The zero-order valence-electron chi connectivity index (χ0n) is 15.3. The van der Waals surface area contributed by atoms with E-state index in [2.05, 4.69) is 60.8 Å². The van der Waals surface area contributed by atoms with E-state index in [4.69, 9.17) is 4.74 Å². The van der Waals surface area contributed by atoms with Gasteiger partial charge in [0, 0.05) is 47.9 Å². The summed E-state index contributed by atoms with van der Waals surface area (Å²) in [5, 5.41) is 9.30. The van der Waals surface area contributed by atoms with Crippen LogP contribution in [0.1, 0.15) is 39.0 Å². The highest BCUT2D eigenvalue weighted by molar-refractivity contribution is 14.0. The molecule has 3 unspecified atom stereocenters. The molecule has 0 aromatic carbocycles. The number of ether oxygens (including phenoxy) is 1. The van der Waals surface area contributed by atoms with Crippen molar-refractivity contribution in [2.24, 2.45) is 16.3 Å². The number of hydrogen-bond donors (Lipinski definition) is 2. The van der Waals surface area contributed by atoms with Crippen molar-refractivity contribution in [2.75, 3.05) is 20.2 Å². The molecule has 2 aliphatic rings. The quantitative estimate of drug-likeness (QED) is 0.408. The van der Waals surface area contributed by atoms with E-state index in [-0.39, 0.29) is 34.8 Å². The summed E-state index contributed by atoms with van der Waals surface area (Å²) in [7, 11) is 1.85. The molecule has 4 nitrogen and oxygen atoms in total. The highest BCUT2D eigenvalue weighted by Gasteiger charge is 2.59. The van der Waals surface area contributed by atoms with Crippen LogP contribution in [-0.4, -0.2) is 38.3 Å². The van der Waals surface area contributed by atoms with Crippen LogP contribution in [0.25, 0.3) is 0 Å². The molecule has 1 aliphatic carbocycles. The summed E-state index contributed by atoms with van der Waals surface area (Å²) in [6.07, 6.45) is 1.56. The Balaban J connectivity index is 0.00000208. The molecule has 0 amide bonds. The first kappa shape index (κ1) is 20.0. The summed E-state index contributed by atoms with van der Waals surface area (Å²) in [4.78, 5) is 5.83. The van der Waals surface area contributed by atoms with Gasteiger partial charge in [0.2, 0.25) is 0 Å². The molecular formula is C18H30IN3OS. The number of nitrogens with one attached hydrogen (secondary N) is 2.